The largest absolute Gasteiger partial charge is 0.302 e. The molecule has 0 heterocycles. The lowest BCUT2D eigenvalue weighted by Crippen LogP contribution is -1.84. The minimum atomic E-state index is -1.81. The molecule has 0 saturated carbocycles. The molecule has 0 spiro atoms. The Morgan fingerprint density at radius 3 is 1.33 bits per heavy atom. The summed E-state index contributed by atoms with van der Waals surface area (Å²) in [5.74, 6) is 0. The van der Waals surface area contributed by atoms with Gasteiger partial charge in [-0.2, -0.15) is 0 Å². The van der Waals surface area contributed by atoms with Crippen LogP contribution in [0.3, 0.4) is 0 Å². The van der Waals surface area contributed by atoms with Gasteiger partial charge in [-0.1, -0.05) is 77.6 Å². The zero-order valence-corrected chi connectivity index (χ0v) is 17.0. The standard InChI is InChI=1S/C14H29I2OP/c1-2-3-4-5-6-7-8-9-10-11-12-13-14-18(15,16)17/h2-14H2,1H3. The van der Waals surface area contributed by atoms with E-state index in [0.717, 1.165) is 12.6 Å². The number of hydrogen-bond donors (Lipinski definition) is 0. The Morgan fingerprint density at radius 2 is 1.00 bits per heavy atom. The first-order valence-electron chi connectivity index (χ1n) is 7.54. The molecule has 0 fully saturated rings. The summed E-state index contributed by atoms with van der Waals surface area (Å²) in [6, 6.07) is 0. The van der Waals surface area contributed by atoms with Gasteiger partial charge < -0.3 is 4.57 Å². The molecule has 0 aliphatic carbocycles. The number of rotatable bonds is 13. The van der Waals surface area contributed by atoms with Crippen molar-refractivity contribution in [1.82, 2.24) is 0 Å². The molecule has 18 heavy (non-hydrogen) atoms. The Labute approximate surface area is 140 Å². The zero-order valence-electron chi connectivity index (χ0n) is 11.8. The van der Waals surface area contributed by atoms with E-state index in [-0.39, 0.29) is 0 Å². The zero-order chi connectivity index (χ0) is 13.7. The van der Waals surface area contributed by atoms with Crippen molar-refractivity contribution in [2.45, 2.75) is 84.0 Å². The van der Waals surface area contributed by atoms with Crippen LogP contribution in [0.4, 0.5) is 0 Å². The van der Waals surface area contributed by atoms with Gasteiger partial charge in [0, 0.05) is 50.2 Å². The van der Waals surface area contributed by atoms with E-state index >= 15 is 0 Å². The molecule has 0 N–H and O–H groups in total. The van der Waals surface area contributed by atoms with Gasteiger partial charge in [0.1, 0.15) is 0 Å². The van der Waals surface area contributed by atoms with Crippen molar-refractivity contribution in [3.05, 3.63) is 0 Å². The van der Waals surface area contributed by atoms with Crippen LogP contribution in [0.25, 0.3) is 0 Å². The molecule has 0 aromatic carbocycles. The Kier molecular flexibility index (Phi) is 14.9. The molecule has 0 saturated heterocycles. The van der Waals surface area contributed by atoms with Crippen molar-refractivity contribution < 1.29 is 4.57 Å². The molecular weight excluding hydrogens is 469 g/mol. The normalized spacial score (nSPS) is 11.9. The second-order valence-corrected chi connectivity index (χ2v) is 21.7. The van der Waals surface area contributed by atoms with Crippen LogP contribution in [0.1, 0.15) is 84.0 Å². The fourth-order valence-corrected chi connectivity index (χ4v) is 4.78. The van der Waals surface area contributed by atoms with Crippen molar-refractivity contribution >= 4 is 46.5 Å². The highest BCUT2D eigenvalue weighted by Crippen LogP contribution is 2.63. The quantitative estimate of drug-likeness (QED) is 0.144. The molecule has 0 radical (unpaired) electrons. The molecule has 1 nitrogen and oxygen atoms in total. The van der Waals surface area contributed by atoms with E-state index in [4.69, 9.17) is 0 Å². The Morgan fingerprint density at radius 1 is 0.667 bits per heavy atom. The van der Waals surface area contributed by atoms with Gasteiger partial charge >= 0.3 is 0 Å². The van der Waals surface area contributed by atoms with Crippen LogP contribution in [0.5, 0.6) is 0 Å². The summed E-state index contributed by atoms with van der Waals surface area (Å²) in [6.45, 7) is 2.27. The third-order valence-electron chi connectivity index (χ3n) is 3.27. The second-order valence-electron chi connectivity index (χ2n) is 5.18. The van der Waals surface area contributed by atoms with E-state index in [1.54, 1.807) is 0 Å². The van der Waals surface area contributed by atoms with Crippen molar-refractivity contribution in [3.8, 4) is 0 Å². The summed E-state index contributed by atoms with van der Waals surface area (Å²) < 4.78 is 9.66. The van der Waals surface area contributed by atoms with E-state index in [1.165, 1.54) is 70.6 Å². The minimum absolute atomic E-state index is 0.922. The van der Waals surface area contributed by atoms with Gasteiger partial charge in [-0.05, 0) is 6.42 Å². The van der Waals surface area contributed by atoms with Crippen molar-refractivity contribution in [2.75, 3.05) is 6.16 Å². The van der Waals surface area contributed by atoms with Crippen LogP contribution >= 0.6 is 46.5 Å². The highest BCUT2D eigenvalue weighted by atomic mass is 127. The van der Waals surface area contributed by atoms with Crippen LogP contribution < -0.4 is 0 Å². The van der Waals surface area contributed by atoms with Crippen LogP contribution in [-0.4, -0.2) is 6.16 Å². The number of halogens is 2. The predicted molar refractivity (Wildman–Crippen MR) is 102 cm³/mol. The van der Waals surface area contributed by atoms with Gasteiger partial charge in [-0.15, -0.1) is 0 Å². The summed E-state index contributed by atoms with van der Waals surface area (Å²) in [6.07, 6.45) is 17.4. The first-order valence-corrected chi connectivity index (χ1v) is 15.0. The van der Waals surface area contributed by atoms with E-state index in [1.807, 2.05) is 0 Å². The lowest BCUT2D eigenvalue weighted by molar-refractivity contribution is 0.547. The van der Waals surface area contributed by atoms with Crippen molar-refractivity contribution in [3.63, 3.8) is 0 Å². The predicted octanol–water partition coefficient (Wildman–Crippen LogP) is 7.75. The van der Waals surface area contributed by atoms with E-state index in [2.05, 4.69) is 51.0 Å². The molecule has 0 rings (SSSR count). The van der Waals surface area contributed by atoms with Gasteiger partial charge in [-0.25, -0.2) is 0 Å². The molecule has 0 bridgehead atoms. The summed E-state index contributed by atoms with van der Waals surface area (Å²) in [4.78, 5) is 0. The van der Waals surface area contributed by atoms with E-state index < -0.39 is 2.43 Å². The molecule has 4 heteroatoms. The van der Waals surface area contributed by atoms with Gasteiger partial charge in [0.25, 0.3) is 0 Å². The maximum Gasteiger partial charge on any atom is 0.198 e. The highest BCUT2D eigenvalue weighted by molar-refractivity contribution is 14.3. The molecule has 0 aliphatic heterocycles. The lowest BCUT2D eigenvalue weighted by atomic mass is 10.1. The Balaban J connectivity index is 3.01. The summed E-state index contributed by atoms with van der Waals surface area (Å²) in [7, 11) is 0. The molecular formula is C14H29I2OP. The molecule has 0 aromatic rings. The van der Waals surface area contributed by atoms with Crippen molar-refractivity contribution in [2.24, 2.45) is 0 Å². The maximum absolute atomic E-state index is 11.5. The average molecular weight is 498 g/mol. The number of hydrogen-bond acceptors (Lipinski definition) is 1. The van der Waals surface area contributed by atoms with Crippen LogP contribution in [0.2, 0.25) is 0 Å². The topological polar surface area (TPSA) is 17.1 Å². The Bertz CT molecular complexity index is 216. The fraction of sp³-hybridized carbons (Fsp3) is 1.00. The first-order chi connectivity index (χ1) is 8.56. The van der Waals surface area contributed by atoms with Crippen LogP contribution in [0.15, 0.2) is 0 Å². The van der Waals surface area contributed by atoms with E-state index in [0.29, 0.717) is 0 Å². The second kappa shape index (κ2) is 13.7. The molecule has 0 unspecified atom stereocenters. The van der Waals surface area contributed by atoms with Gasteiger partial charge in [-0.3, -0.25) is 0 Å². The maximum atomic E-state index is 11.5. The summed E-state index contributed by atoms with van der Waals surface area (Å²) >= 11 is 4.22. The Hall–Kier alpha value is 1.69. The van der Waals surface area contributed by atoms with Crippen LogP contribution in [0, 0.1) is 0 Å². The third kappa shape index (κ3) is 17.7. The lowest BCUT2D eigenvalue weighted by Gasteiger charge is -2.04. The first kappa shape index (κ1) is 19.7. The highest BCUT2D eigenvalue weighted by Gasteiger charge is 2.09. The summed E-state index contributed by atoms with van der Waals surface area (Å²) in [5.41, 5.74) is 0. The molecule has 110 valence electrons. The van der Waals surface area contributed by atoms with Gasteiger partial charge in [0.15, 0.2) is 2.43 Å². The molecule has 0 aliphatic rings. The monoisotopic (exact) mass is 498 g/mol. The SMILES string of the molecule is CCCCCCCCCCCCCCP(=O)(I)I. The fourth-order valence-electron chi connectivity index (χ4n) is 2.14. The van der Waals surface area contributed by atoms with Crippen LogP contribution in [-0.2, 0) is 4.57 Å². The van der Waals surface area contributed by atoms with Crippen molar-refractivity contribution in [1.29, 1.82) is 0 Å². The van der Waals surface area contributed by atoms with Gasteiger partial charge in [0.2, 0.25) is 0 Å². The molecule has 0 aromatic heterocycles. The van der Waals surface area contributed by atoms with E-state index in [9.17, 15) is 4.57 Å². The number of unbranched alkanes of at least 4 members (excludes halogenated alkanes) is 11. The third-order valence-corrected chi connectivity index (χ3v) is 7.00. The van der Waals surface area contributed by atoms with Gasteiger partial charge in [0.05, 0.1) is 0 Å². The average Bonchev–Trinajstić information content (AvgIpc) is 2.29. The molecule has 0 amide bonds. The smallest absolute Gasteiger partial charge is 0.198 e. The molecule has 0 atom stereocenters. The minimum Gasteiger partial charge on any atom is -0.302 e. The summed E-state index contributed by atoms with van der Waals surface area (Å²) in [5, 5.41) is 0.